The van der Waals surface area contributed by atoms with Crippen molar-refractivity contribution in [1.29, 1.82) is 0 Å². The van der Waals surface area contributed by atoms with Crippen LogP contribution in [0, 0.1) is 0 Å². The smallest absolute Gasteiger partial charge is 0.261 e. The Balaban J connectivity index is 2.81. The lowest BCUT2D eigenvalue weighted by atomic mass is 10.0. The molecule has 4 nitrogen and oxygen atoms in total. The number of nitrogens with two attached hydrogens (primary N) is 1. The predicted molar refractivity (Wildman–Crippen MR) is 86.2 cm³/mol. The van der Waals surface area contributed by atoms with Gasteiger partial charge in [-0.15, -0.1) is 0 Å². The number of anilines is 1. The molecule has 20 heavy (non-hydrogen) atoms. The Bertz CT molecular complexity index is 483. The molecule has 0 fully saturated rings. The number of carbonyl (C=O) groups excluding carboxylic acids is 1. The van der Waals surface area contributed by atoms with Gasteiger partial charge >= 0.3 is 0 Å². The van der Waals surface area contributed by atoms with Crippen LogP contribution in [-0.2, 0) is 4.79 Å². The van der Waals surface area contributed by atoms with Crippen LogP contribution in [-0.4, -0.2) is 17.6 Å². The van der Waals surface area contributed by atoms with Crippen LogP contribution in [0.5, 0.6) is 5.75 Å². The lowest BCUT2D eigenvalue weighted by Crippen LogP contribution is -2.48. The molecule has 1 unspecified atom stereocenters. The highest BCUT2D eigenvalue weighted by Gasteiger charge is 2.24. The van der Waals surface area contributed by atoms with Crippen LogP contribution in [0.2, 0.25) is 5.02 Å². The van der Waals surface area contributed by atoms with Crippen LogP contribution >= 0.6 is 27.5 Å². The highest BCUT2D eigenvalue weighted by atomic mass is 79.9. The molecule has 0 aliphatic carbocycles. The first-order valence-electron chi connectivity index (χ1n) is 6.39. The first-order valence-corrected chi connectivity index (χ1v) is 7.56. The van der Waals surface area contributed by atoms with Crippen molar-refractivity contribution in [2.24, 2.45) is 0 Å². The van der Waals surface area contributed by atoms with Crippen LogP contribution in [0.1, 0.15) is 34.1 Å². The van der Waals surface area contributed by atoms with E-state index < -0.39 is 6.10 Å². The molecule has 0 bridgehead atoms. The van der Waals surface area contributed by atoms with E-state index in [1.54, 1.807) is 19.1 Å². The summed E-state index contributed by atoms with van der Waals surface area (Å²) in [7, 11) is 0. The van der Waals surface area contributed by atoms with Gasteiger partial charge in [0.1, 0.15) is 0 Å². The van der Waals surface area contributed by atoms with Gasteiger partial charge in [0.05, 0.1) is 10.2 Å². The third-order valence-corrected chi connectivity index (χ3v) is 3.85. The van der Waals surface area contributed by atoms with Gasteiger partial charge in [-0.05, 0) is 55.3 Å². The average molecular weight is 364 g/mol. The third kappa shape index (κ3) is 4.56. The van der Waals surface area contributed by atoms with Gasteiger partial charge in [0.15, 0.2) is 11.9 Å². The minimum Gasteiger partial charge on any atom is -0.478 e. The van der Waals surface area contributed by atoms with E-state index in [1.165, 1.54) is 0 Å². The minimum atomic E-state index is -0.652. The lowest BCUT2D eigenvalue weighted by molar-refractivity contribution is -0.128. The summed E-state index contributed by atoms with van der Waals surface area (Å²) in [6.07, 6.45) is 0.179. The predicted octanol–water partition coefficient (Wildman–Crippen LogP) is 3.76. The van der Waals surface area contributed by atoms with Crippen LogP contribution in [0.3, 0.4) is 0 Å². The highest BCUT2D eigenvalue weighted by Crippen LogP contribution is 2.35. The highest BCUT2D eigenvalue weighted by molar-refractivity contribution is 9.10. The number of nitrogen functional groups attached to an aromatic ring is 1. The number of ether oxygens (including phenoxy) is 1. The van der Waals surface area contributed by atoms with Crippen LogP contribution in [0.4, 0.5) is 5.69 Å². The van der Waals surface area contributed by atoms with E-state index in [4.69, 9.17) is 22.1 Å². The van der Waals surface area contributed by atoms with Crippen LogP contribution in [0.15, 0.2) is 16.6 Å². The normalized spacial score (nSPS) is 12.9. The molecule has 6 heteroatoms. The van der Waals surface area contributed by atoms with Gasteiger partial charge in [0.2, 0.25) is 0 Å². The van der Waals surface area contributed by atoms with Gasteiger partial charge in [0.25, 0.3) is 5.91 Å². The third-order valence-electron chi connectivity index (χ3n) is 3.05. The lowest BCUT2D eigenvalue weighted by Gasteiger charge is -2.27. The zero-order valence-corrected chi connectivity index (χ0v) is 14.4. The fourth-order valence-electron chi connectivity index (χ4n) is 1.46. The molecular weight excluding hydrogens is 344 g/mol. The largest absolute Gasteiger partial charge is 0.478 e. The van der Waals surface area contributed by atoms with Gasteiger partial charge in [-0.3, -0.25) is 4.79 Å². The minimum absolute atomic E-state index is 0.182. The van der Waals surface area contributed by atoms with Crippen molar-refractivity contribution in [3.8, 4) is 5.75 Å². The number of benzene rings is 1. The summed E-state index contributed by atoms with van der Waals surface area (Å²) in [5.41, 5.74) is 5.97. The molecule has 0 heterocycles. The molecule has 0 aliphatic heterocycles. The summed E-state index contributed by atoms with van der Waals surface area (Å²) in [4.78, 5) is 12.1. The number of halogens is 2. The van der Waals surface area contributed by atoms with Crippen molar-refractivity contribution in [3.05, 3.63) is 21.6 Å². The van der Waals surface area contributed by atoms with Gasteiger partial charge in [-0.25, -0.2) is 0 Å². The van der Waals surface area contributed by atoms with Gasteiger partial charge in [0, 0.05) is 10.6 Å². The Morgan fingerprint density at radius 2 is 2.15 bits per heavy atom. The fourth-order valence-corrected chi connectivity index (χ4v) is 2.39. The van der Waals surface area contributed by atoms with Gasteiger partial charge in [-0.2, -0.15) is 0 Å². The van der Waals surface area contributed by atoms with Gasteiger partial charge in [-0.1, -0.05) is 18.5 Å². The number of amides is 1. The van der Waals surface area contributed by atoms with Crippen molar-refractivity contribution < 1.29 is 9.53 Å². The monoisotopic (exact) mass is 362 g/mol. The van der Waals surface area contributed by atoms with Crippen molar-refractivity contribution in [2.45, 2.75) is 45.8 Å². The molecule has 0 saturated carbocycles. The summed E-state index contributed by atoms with van der Waals surface area (Å²) in [6, 6.07) is 3.26. The molecular formula is C14H20BrClN2O2. The molecule has 0 radical (unpaired) electrons. The molecule has 0 saturated heterocycles. The van der Waals surface area contributed by atoms with Crippen molar-refractivity contribution in [1.82, 2.24) is 5.32 Å². The van der Waals surface area contributed by atoms with Gasteiger partial charge < -0.3 is 15.8 Å². The average Bonchev–Trinajstić information content (AvgIpc) is 2.32. The molecule has 1 rings (SSSR count). The fraction of sp³-hybridized carbons (Fsp3) is 0.500. The summed E-state index contributed by atoms with van der Waals surface area (Å²) < 4.78 is 6.26. The maximum atomic E-state index is 12.1. The summed E-state index contributed by atoms with van der Waals surface area (Å²) in [5.74, 6) is 0.240. The van der Waals surface area contributed by atoms with E-state index in [1.807, 2.05) is 20.8 Å². The molecule has 1 amide bonds. The van der Waals surface area contributed by atoms with Crippen molar-refractivity contribution >= 4 is 39.1 Å². The molecule has 0 aromatic heterocycles. The Morgan fingerprint density at radius 3 is 2.65 bits per heavy atom. The van der Waals surface area contributed by atoms with Crippen molar-refractivity contribution in [3.63, 3.8) is 0 Å². The zero-order chi connectivity index (χ0) is 15.5. The standard InChI is InChI=1S/C14H20BrClN2O2/c1-5-14(3,4)18-13(19)8(2)20-12-10(15)6-9(16)7-11(12)17/h6-8H,5,17H2,1-4H3,(H,18,19). The molecule has 112 valence electrons. The molecule has 0 spiro atoms. The number of carbonyl (C=O) groups is 1. The van der Waals surface area contributed by atoms with E-state index in [9.17, 15) is 4.79 Å². The van der Waals surface area contributed by atoms with E-state index >= 15 is 0 Å². The topological polar surface area (TPSA) is 64.3 Å². The zero-order valence-electron chi connectivity index (χ0n) is 12.1. The van der Waals surface area contributed by atoms with E-state index in [0.29, 0.717) is 20.9 Å². The second-order valence-electron chi connectivity index (χ2n) is 5.29. The Kier molecular flexibility index (Phi) is 5.71. The van der Waals surface area contributed by atoms with Crippen LogP contribution in [0.25, 0.3) is 0 Å². The Hall–Kier alpha value is -0.940. The molecule has 1 atom stereocenters. The summed E-state index contributed by atoms with van der Waals surface area (Å²) in [5, 5.41) is 3.44. The van der Waals surface area contributed by atoms with E-state index in [-0.39, 0.29) is 11.4 Å². The SMILES string of the molecule is CCC(C)(C)NC(=O)C(C)Oc1c(N)cc(Cl)cc1Br. The Morgan fingerprint density at radius 1 is 1.55 bits per heavy atom. The van der Waals surface area contributed by atoms with Crippen LogP contribution < -0.4 is 15.8 Å². The number of nitrogens with one attached hydrogen (secondary N) is 1. The molecule has 0 aliphatic rings. The first kappa shape index (κ1) is 17.1. The number of rotatable bonds is 5. The maximum absolute atomic E-state index is 12.1. The maximum Gasteiger partial charge on any atom is 0.261 e. The summed E-state index contributed by atoms with van der Waals surface area (Å²) in [6.45, 7) is 7.62. The Labute approximate surface area is 133 Å². The van der Waals surface area contributed by atoms with E-state index in [2.05, 4.69) is 21.2 Å². The second kappa shape index (κ2) is 6.68. The second-order valence-corrected chi connectivity index (χ2v) is 6.58. The quantitative estimate of drug-likeness (QED) is 0.783. The molecule has 1 aromatic rings. The first-order chi connectivity index (χ1) is 9.16. The number of hydrogen-bond acceptors (Lipinski definition) is 3. The van der Waals surface area contributed by atoms with E-state index in [0.717, 1.165) is 6.42 Å². The van der Waals surface area contributed by atoms with Crippen molar-refractivity contribution in [2.75, 3.05) is 5.73 Å². The number of hydrogen-bond donors (Lipinski definition) is 2. The molecule has 3 N–H and O–H groups in total. The summed E-state index contributed by atoms with van der Waals surface area (Å²) >= 11 is 9.21. The molecule has 1 aromatic carbocycles.